The molecule has 1 fully saturated rings. The number of hydrogen-bond donors (Lipinski definition) is 1. The number of anilines is 1. The molecule has 33 heavy (non-hydrogen) atoms. The van der Waals surface area contributed by atoms with Crippen molar-refractivity contribution in [2.24, 2.45) is 0 Å². The van der Waals surface area contributed by atoms with Gasteiger partial charge in [0.15, 0.2) is 5.78 Å². The molecule has 1 aliphatic rings. The first kappa shape index (κ1) is 22.9. The van der Waals surface area contributed by atoms with Crippen molar-refractivity contribution in [1.29, 1.82) is 0 Å². The molecule has 1 atom stereocenters. The van der Waals surface area contributed by atoms with E-state index in [0.717, 1.165) is 29.7 Å². The average Bonchev–Trinajstić information content (AvgIpc) is 3.49. The topological polar surface area (TPSA) is 93.5 Å². The van der Waals surface area contributed by atoms with Crippen molar-refractivity contribution in [3.8, 4) is 0 Å². The van der Waals surface area contributed by atoms with Crippen LogP contribution >= 0.6 is 11.3 Å². The van der Waals surface area contributed by atoms with Crippen LogP contribution in [0.15, 0.2) is 54.9 Å². The number of amides is 2. The molecule has 1 aromatic carbocycles. The quantitative estimate of drug-likeness (QED) is 0.512. The van der Waals surface area contributed by atoms with Crippen LogP contribution in [0.25, 0.3) is 0 Å². The maximum atomic E-state index is 12.8. The monoisotopic (exact) mass is 466 g/mol. The number of hydrogen-bond acceptors (Lipinski definition) is 6. The van der Waals surface area contributed by atoms with Crippen molar-refractivity contribution >= 4 is 34.6 Å². The van der Waals surface area contributed by atoms with Gasteiger partial charge in [-0.2, -0.15) is 5.10 Å². The van der Waals surface area contributed by atoms with Crippen molar-refractivity contribution in [1.82, 2.24) is 14.7 Å². The van der Waals surface area contributed by atoms with Crippen LogP contribution in [0.5, 0.6) is 0 Å². The minimum absolute atomic E-state index is 0.0149. The predicted octanol–water partition coefficient (Wildman–Crippen LogP) is 3.61. The van der Waals surface area contributed by atoms with Gasteiger partial charge < -0.3 is 15.0 Å². The summed E-state index contributed by atoms with van der Waals surface area (Å²) in [4.78, 5) is 39.4. The molecule has 4 rings (SSSR count). The molecule has 0 spiro atoms. The fourth-order valence-corrected chi connectivity index (χ4v) is 4.48. The van der Waals surface area contributed by atoms with Gasteiger partial charge >= 0.3 is 0 Å². The minimum atomic E-state index is -0.312. The second kappa shape index (κ2) is 10.5. The summed E-state index contributed by atoms with van der Waals surface area (Å²) >= 11 is 1.15. The highest BCUT2D eigenvalue weighted by Crippen LogP contribution is 2.19. The van der Waals surface area contributed by atoms with Crippen molar-refractivity contribution in [2.45, 2.75) is 39.0 Å². The molecular weight excluding hydrogens is 440 g/mol. The number of ether oxygens (including phenoxy) is 1. The molecular formula is C24H26N4O4S. The number of benzene rings is 1. The van der Waals surface area contributed by atoms with Gasteiger partial charge in [-0.25, -0.2) is 0 Å². The first-order valence-corrected chi connectivity index (χ1v) is 11.7. The second-order valence-electron chi connectivity index (χ2n) is 8.00. The molecule has 3 aromatic rings. The molecule has 172 valence electrons. The number of nitrogens with one attached hydrogen (secondary N) is 1. The summed E-state index contributed by atoms with van der Waals surface area (Å²) in [6, 6.07) is 13.3. The highest BCUT2D eigenvalue weighted by molar-refractivity contribution is 7.16. The van der Waals surface area contributed by atoms with Gasteiger partial charge in [0.25, 0.3) is 5.91 Å². The standard InChI is InChI=1S/C24H26N4O4S/c1-17(29)21-9-10-22(33-21)24(31)26-19-12-25-28(13-19)15-23(30)27-11-5-8-20(14-27)32-16-18-6-3-2-4-7-18/h2-4,6-7,9-10,12-13,20H,5,8,11,14-16H2,1H3,(H,26,31)/t20-/m0/s1. The molecule has 0 unspecified atom stereocenters. The molecule has 0 radical (unpaired) electrons. The smallest absolute Gasteiger partial charge is 0.265 e. The van der Waals surface area contributed by atoms with E-state index in [1.807, 2.05) is 35.2 Å². The number of nitrogens with zero attached hydrogens (tertiary/aromatic N) is 3. The maximum Gasteiger partial charge on any atom is 0.265 e. The third-order valence-electron chi connectivity index (χ3n) is 5.42. The maximum absolute atomic E-state index is 12.8. The van der Waals surface area contributed by atoms with E-state index >= 15 is 0 Å². The van der Waals surface area contributed by atoms with Gasteiger partial charge in [0.05, 0.1) is 34.3 Å². The Morgan fingerprint density at radius 1 is 1.15 bits per heavy atom. The summed E-state index contributed by atoms with van der Waals surface area (Å²) in [6.45, 7) is 3.36. The molecule has 1 saturated heterocycles. The van der Waals surface area contributed by atoms with E-state index in [2.05, 4.69) is 10.4 Å². The molecule has 9 heteroatoms. The van der Waals surface area contributed by atoms with E-state index in [-0.39, 0.29) is 30.2 Å². The van der Waals surface area contributed by atoms with Crippen LogP contribution in [0.2, 0.25) is 0 Å². The Kier molecular flexibility index (Phi) is 7.31. The number of thiophene rings is 1. The Bertz CT molecular complexity index is 1120. The second-order valence-corrected chi connectivity index (χ2v) is 9.09. The van der Waals surface area contributed by atoms with Gasteiger partial charge in [0.2, 0.25) is 5.91 Å². The number of carbonyl (C=O) groups is 3. The van der Waals surface area contributed by atoms with Crippen molar-refractivity contribution in [3.05, 3.63) is 70.2 Å². The Labute approximate surface area is 196 Å². The van der Waals surface area contributed by atoms with Gasteiger partial charge in [0, 0.05) is 19.3 Å². The van der Waals surface area contributed by atoms with E-state index in [4.69, 9.17) is 4.74 Å². The third kappa shape index (κ3) is 6.15. The number of piperidine rings is 1. The SMILES string of the molecule is CC(=O)c1ccc(C(=O)Nc2cnn(CC(=O)N3CCC[C@H](OCc4ccccc4)C3)c2)s1. The number of rotatable bonds is 8. The van der Waals surface area contributed by atoms with Crippen LogP contribution in [-0.2, 0) is 22.7 Å². The first-order valence-electron chi connectivity index (χ1n) is 10.9. The zero-order valence-electron chi connectivity index (χ0n) is 18.4. The van der Waals surface area contributed by atoms with Gasteiger partial charge in [-0.3, -0.25) is 19.1 Å². The fraction of sp³-hybridized carbons (Fsp3) is 0.333. The summed E-state index contributed by atoms with van der Waals surface area (Å²) in [7, 11) is 0. The van der Waals surface area contributed by atoms with Crippen LogP contribution in [0.3, 0.4) is 0 Å². The van der Waals surface area contributed by atoms with E-state index < -0.39 is 0 Å². The Morgan fingerprint density at radius 2 is 1.94 bits per heavy atom. The normalized spacial score (nSPS) is 15.9. The summed E-state index contributed by atoms with van der Waals surface area (Å²) < 4.78 is 7.54. The van der Waals surface area contributed by atoms with Crippen molar-refractivity contribution in [3.63, 3.8) is 0 Å². The molecule has 0 aliphatic carbocycles. The first-order chi connectivity index (χ1) is 16.0. The zero-order valence-corrected chi connectivity index (χ0v) is 19.2. The Hall–Kier alpha value is -3.30. The number of Topliss-reactive ketones (excluding diaryl/α,β-unsaturated/α-hetero) is 1. The summed E-state index contributed by atoms with van der Waals surface area (Å²) in [5, 5.41) is 6.95. The molecule has 2 amide bonds. The van der Waals surface area contributed by atoms with Gasteiger partial charge in [-0.15, -0.1) is 11.3 Å². The molecule has 8 nitrogen and oxygen atoms in total. The lowest BCUT2D eigenvalue weighted by molar-refractivity contribution is -0.136. The van der Waals surface area contributed by atoms with Crippen LogP contribution in [-0.4, -0.2) is 51.5 Å². The third-order valence-corrected chi connectivity index (χ3v) is 6.61. The number of likely N-dealkylation sites (tertiary alicyclic amines) is 1. The van der Waals surface area contributed by atoms with Crippen LogP contribution in [0.1, 0.15) is 44.7 Å². The molecule has 2 aromatic heterocycles. The number of carbonyl (C=O) groups excluding carboxylic acids is 3. The van der Waals surface area contributed by atoms with E-state index in [9.17, 15) is 14.4 Å². The largest absolute Gasteiger partial charge is 0.372 e. The molecule has 1 N–H and O–H groups in total. The number of aromatic nitrogens is 2. The Balaban J connectivity index is 1.27. The molecule has 3 heterocycles. The number of ketones is 1. The van der Waals surface area contributed by atoms with Crippen LogP contribution < -0.4 is 5.32 Å². The van der Waals surface area contributed by atoms with Gasteiger partial charge in [-0.1, -0.05) is 30.3 Å². The lowest BCUT2D eigenvalue weighted by Gasteiger charge is -2.32. The molecule has 1 aliphatic heterocycles. The van der Waals surface area contributed by atoms with Gasteiger partial charge in [-0.05, 0) is 37.5 Å². The summed E-state index contributed by atoms with van der Waals surface area (Å²) in [5.74, 6) is -0.419. The minimum Gasteiger partial charge on any atom is -0.372 e. The molecule has 0 bridgehead atoms. The lowest BCUT2D eigenvalue weighted by atomic mass is 10.1. The zero-order chi connectivity index (χ0) is 23.2. The fourth-order valence-electron chi connectivity index (χ4n) is 3.68. The van der Waals surface area contributed by atoms with Crippen LogP contribution in [0, 0.1) is 0 Å². The van der Waals surface area contributed by atoms with Crippen molar-refractivity contribution in [2.75, 3.05) is 18.4 Å². The predicted molar refractivity (Wildman–Crippen MR) is 125 cm³/mol. The van der Waals surface area contributed by atoms with Crippen molar-refractivity contribution < 1.29 is 19.1 Å². The Morgan fingerprint density at radius 3 is 2.70 bits per heavy atom. The van der Waals surface area contributed by atoms with E-state index in [1.165, 1.54) is 17.8 Å². The summed E-state index contributed by atoms with van der Waals surface area (Å²) in [5.41, 5.74) is 1.61. The van der Waals surface area contributed by atoms with Crippen LogP contribution in [0.4, 0.5) is 5.69 Å². The average molecular weight is 467 g/mol. The summed E-state index contributed by atoms with van der Waals surface area (Å²) in [6.07, 6.45) is 4.98. The highest BCUT2D eigenvalue weighted by Gasteiger charge is 2.24. The van der Waals surface area contributed by atoms with E-state index in [0.29, 0.717) is 35.1 Å². The van der Waals surface area contributed by atoms with Gasteiger partial charge in [0.1, 0.15) is 6.54 Å². The van der Waals surface area contributed by atoms with E-state index in [1.54, 1.807) is 18.3 Å². The highest BCUT2D eigenvalue weighted by atomic mass is 32.1. The lowest BCUT2D eigenvalue weighted by Crippen LogP contribution is -2.44. The molecule has 0 saturated carbocycles.